The molecule has 0 saturated heterocycles. The zero-order valence-corrected chi connectivity index (χ0v) is 13.1. The van der Waals surface area contributed by atoms with Crippen LogP contribution in [0, 0.1) is 0 Å². The molecule has 0 radical (unpaired) electrons. The van der Waals surface area contributed by atoms with Gasteiger partial charge in [0.1, 0.15) is 6.54 Å². The molecule has 0 spiro atoms. The first-order valence-corrected chi connectivity index (χ1v) is 7.11. The monoisotopic (exact) mass is 317 g/mol. The summed E-state index contributed by atoms with van der Waals surface area (Å²) in [6, 6.07) is 11.6. The van der Waals surface area contributed by atoms with E-state index in [2.05, 4.69) is 15.2 Å². The first-order valence-electron chi connectivity index (χ1n) is 7.11. The minimum absolute atomic E-state index is 0.136. The second-order valence-electron chi connectivity index (χ2n) is 5.10. The Bertz CT molecular complexity index is 654. The van der Waals surface area contributed by atoms with Crippen molar-refractivity contribution in [3.63, 3.8) is 0 Å². The van der Waals surface area contributed by atoms with Crippen LogP contribution < -0.4 is 5.32 Å². The van der Waals surface area contributed by atoms with Crippen LogP contribution in [0.1, 0.15) is 21.8 Å². The molecule has 2 rings (SSSR count). The van der Waals surface area contributed by atoms with Gasteiger partial charge in [0.2, 0.25) is 0 Å². The summed E-state index contributed by atoms with van der Waals surface area (Å²) in [5, 5.41) is 6.12. The van der Waals surface area contributed by atoms with Crippen LogP contribution in [0.5, 0.6) is 0 Å². The van der Waals surface area contributed by atoms with Crippen LogP contribution in [0.4, 0.5) is 0 Å². The normalized spacial score (nSPS) is 10.6. The lowest BCUT2D eigenvalue weighted by atomic mass is 10.2. The molecule has 2 aromatic rings. The zero-order valence-electron chi connectivity index (χ0n) is 13.1. The van der Waals surface area contributed by atoms with Gasteiger partial charge in [-0.25, -0.2) is 0 Å². The van der Waals surface area contributed by atoms with Crippen LogP contribution in [0.3, 0.4) is 0 Å². The Labute approximate surface area is 134 Å². The summed E-state index contributed by atoms with van der Waals surface area (Å²) in [6.07, 6.45) is 0. The SMILES string of the molecule is COC(=O)CNC(=O)c1cc(CN(C)Cc2ccccc2)on1. The van der Waals surface area contributed by atoms with E-state index < -0.39 is 11.9 Å². The van der Waals surface area contributed by atoms with Crippen LogP contribution in [0.2, 0.25) is 0 Å². The molecule has 1 heterocycles. The fourth-order valence-electron chi connectivity index (χ4n) is 2.03. The number of carbonyl (C=O) groups excluding carboxylic acids is 2. The highest BCUT2D eigenvalue weighted by Crippen LogP contribution is 2.09. The molecule has 122 valence electrons. The van der Waals surface area contributed by atoms with Gasteiger partial charge in [-0.15, -0.1) is 0 Å². The van der Waals surface area contributed by atoms with Gasteiger partial charge in [0.05, 0.1) is 13.7 Å². The third kappa shape index (κ3) is 5.23. The average Bonchev–Trinajstić information content (AvgIpc) is 3.01. The molecule has 0 aliphatic rings. The molecule has 0 atom stereocenters. The summed E-state index contributed by atoms with van der Waals surface area (Å²) >= 11 is 0. The molecule has 0 aliphatic carbocycles. The van der Waals surface area contributed by atoms with Crippen LogP contribution >= 0.6 is 0 Å². The molecule has 0 fully saturated rings. The molecule has 7 heteroatoms. The van der Waals surface area contributed by atoms with Gasteiger partial charge in [0.25, 0.3) is 5.91 Å². The summed E-state index contributed by atoms with van der Waals surface area (Å²) < 4.78 is 9.61. The zero-order chi connectivity index (χ0) is 16.7. The van der Waals surface area contributed by atoms with Crippen molar-refractivity contribution < 1.29 is 18.8 Å². The van der Waals surface area contributed by atoms with Gasteiger partial charge in [-0.1, -0.05) is 35.5 Å². The van der Waals surface area contributed by atoms with Crippen LogP contribution in [0.15, 0.2) is 40.9 Å². The number of ether oxygens (including phenoxy) is 1. The van der Waals surface area contributed by atoms with Crippen molar-refractivity contribution in [3.05, 3.63) is 53.4 Å². The van der Waals surface area contributed by atoms with Gasteiger partial charge in [0, 0.05) is 12.6 Å². The fraction of sp³-hybridized carbons (Fsp3) is 0.312. The highest BCUT2D eigenvalue weighted by molar-refractivity contribution is 5.94. The van der Waals surface area contributed by atoms with Crippen molar-refractivity contribution in [2.75, 3.05) is 20.7 Å². The number of hydrogen-bond acceptors (Lipinski definition) is 6. The van der Waals surface area contributed by atoms with Gasteiger partial charge in [-0.2, -0.15) is 0 Å². The Balaban J connectivity index is 1.86. The van der Waals surface area contributed by atoms with E-state index in [-0.39, 0.29) is 12.2 Å². The van der Waals surface area contributed by atoms with Gasteiger partial charge in [-0.3, -0.25) is 14.5 Å². The van der Waals surface area contributed by atoms with Crippen LogP contribution in [0.25, 0.3) is 0 Å². The number of amides is 1. The lowest BCUT2D eigenvalue weighted by Gasteiger charge is -2.14. The van der Waals surface area contributed by atoms with E-state index in [1.165, 1.54) is 12.7 Å². The predicted octanol–water partition coefficient (Wildman–Crippen LogP) is 1.21. The van der Waals surface area contributed by atoms with Crippen LogP contribution in [-0.4, -0.2) is 42.6 Å². The minimum Gasteiger partial charge on any atom is -0.468 e. The van der Waals surface area contributed by atoms with E-state index >= 15 is 0 Å². The van der Waals surface area contributed by atoms with Crippen molar-refractivity contribution in [1.29, 1.82) is 0 Å². The minimum atomic E-state index is -0.523. The summed E-state index contributed by atoms with van der Waals surface area (Å²) in [6.45, 7) is 1.07. The number of carbonyl (C=O) groups is 2. The van der Waals surface area contributed by atoms with E-state index in [0.29, 0.717) is 12.3 Å². The smallest absolute Gasteiger partial charge is 0.325 e. The second kappa shape index (κ2) is 8.09. The number of aromatic nitrogens is 1. The number of rotatable bonds is 7. The first-order chi connectivity index (χ1) is 11.1. The highest BCUT2D eigenvalue weighted by Gasteiger charge is 2.14. The van der Waals surface area contributed by atoms with Crippen molar-refractivity contribution in [2.45, 2.75) is 13.1 Å². The van der Waals surface area contributed by atoms with E-state index in [0.717, 1.165) is 6.54 Å². The fourth-order valence-corrected chi connectivity index (χ4v) is 2.03. The molecule has 1 amide bonds. The van der Waals surface area contributed by atoms with Crippen molar-refractivity contribution in [2.24, 2.45) is 0 Å². The predicted molar refractivity (Wildman–Crippen MR) is 82.5 cm³/mol. The Morgan fingerprint density at radius 1 is 1.26 bits per heavy atom. The average molecular weight is 317 g/mol. The highest BCUT2D eigenvalue weighted by atomic mass is 16.5. The maximum Gasteiger partial charge on any atom is 0.325 e. The molecule has 7 nitrogen and oxygen atoms in total. The maximum atomic E-state index is 11.8. The lowest BCUT2D eigenvalue weighted by Crippen LogP contribution is -2.30. The standard InChI is InChI=1S/C16H19N3O4/c1-19(10-12-6-4-3-5-7-12)11-13-8-14(18-23-13)16(21)17-9-15(20)22-2/h3-8H,9-11H2,1-2H3,(H,17,21). The van der Waals surface area contributed by atoms with Gasteiger partial charge in [-0.05, 0) is 12.6 Å². The third-order valence-electron chi connectivity index (χ3n) is 3.13. The van der Waals surface area contributed by atoms with E-state index in [1.807, 2.05) is 42.3 Å². The van der Waals surface area contributed by atoms with E-state index in [9.17, 15) is 9.59 Å². The summed E-state index contributed by atoms with van der Waals surface area (Å²) in [7, 11) is 3.21. The molecule has 0 unspecified atom stereocenters. The summed E-state index contributed by atoms with van der Waals surface area (Å²) in [5.41, 5.74) is 1.32. The van der Waals surface area contributed by atoms with Crippen molar-refractivity contribution in [1.82, 2.24) is 15.4 Å². The van der Waals surface area contributed by atoms with Crippen molar-refractivity contribution in [3.8, 4) is 0 Å². The Morgan fingerprint density at radius 2 is 2.00 bits per heavy atom. The lowest BCUT2D eigenvalue weighted by molar-refractivity contribution is -0.139. The van der Waals surface area contributed by atoms with Gasteiger partial charge < -0.3 is 14.6 Å². The molecule has 23 heavy (non-hydrogen) atoms. The number of nitrogens with one attached hydrogen (secondary N) is 1. The maximum absolute atomic E-state index is 11.8. The van der Waals surface area contributed by atoms with Crippen LogP contribution in [-0.2, 0) is 22.6 Å². The number of hydrogen-bond donors (Lipinski definition) is 1. The Morgan fingerprint density at radius 3 is 2.70 bits per heavy atom. The molecule has 1 aromatic heterocycles. The molecule has 1 aromatic carbocycles. The third-order valence-corrected chi connectivity index (χ3v) is 3.13. The van der Waals surface area contributed by atoms with E-state index in [4.69, 9.17) is 4.52 Å². The summed E-state index contributed by atoms with van der Waals surface area (Å²) in [4.78, 5) is 24.8. The molecular formula is C16H19N3O4. The Hall–Kier alpha value is -2.67. The van der Waals surface area contributed by atoms with E-state index in [1.54, 1.807) is 6.07 Å². The quantitative estimate of drug-likeness (QED) is 0.773. The number of esters is 1. The number of benzene rings is 1. The molecule has 0 saturated carbocycles. The number of methoxy groups -OCH3 is 1. The molecule has 0 aliphatic heterocycles. The summed E-state index contributed by atoms with van der Waals surface area (Å²) in [5.74, 6) is -0.424. The Kier molecular flexibility index (Phi) is 5.87. The molecule has 1 N–H and O–H groups in total. The van der Waals surface area contributed by atoms with Gasteiger partial charge in [0.15, 0.2) is 11.5 Å². The first kappa shape index (κ1) is 16.7. The second-order valence-corrected chi connectivity index (χ2v) is 5.10. The van der Waals surface area contributed by atoms with Crippen molar-refractivity contribution >= 4 is 11.9 Å². The van der Waals surface area contributed by atoms with Gasteiger partial charge >= 0.3 is 5.97 Å². The largest absolute Gasteiger partial charge is 0.468 e. The topological polar surface area (TPSA) is 84.7 Å². The number of nitrogens with zero attached hydrogens (tertiary/aromatic N) is 2. The molecular weight excluding hydrogens is 298 g/mol. The molecule has 0 bridgehead atoms.